The van der Waals surface area contributed by atoms with Crippen LogP contribution in [0.15, 0.2) is 22.0 Å². The molecule has 0 aliphatic rings. The van der Waals surface area contributed by atoms with Crippen molar-refractivity contribution in [2.45, 2.75) is 0 Å². The first kappa shape index (κ1) is 8.77. The van der Waals surface area contributed by atoms with Gasteiger partial charge in [-0.1, -0.05) is 0 Å². The number of phenolic OH excluding ortho intramolecular Hbond substituents is 1. The number of hydrogen-bond acceptors (Lipinski definition) is 2. The monoisotopic (exact) mass is 354 g/mol. The molecule has 0 bridgehead atoms. The van der Waals surface area contributed by atoms with Crippen LogP contribution in [0, 0.1) is 3.57 Å². The lowest BCUT2D eigenvalue weighted by Crippen LogP contribution is -1.76. The molecule has 0 aliphatic heterocycles. The highest BCUT2D eigenvalue weighted by molar-refractivity contribution is 14.1. The van der Waals surface area contributed by atoms with E-state index >= 15 is 0 Å². The molecule has 0 amide bonds. The fraction of sp³-hybridized carbons (Fsp3) is 0. The standard InChI is InChI=1S/C8H4BrIOS/c9-7-5(11)3-6-4(8(7)10)1-2-12-6/h1-3,11H. The van der Waals surface area contributed by atoms with Gasteiger partial charge in [0.2, 0.25) is 0 Å². The zero-order chi connectivity index (χ0) is 8.72. The normalized spacial score (nSPS) is 10.8. The number of thiophene rings is 1. The molecule has 0 spiro atoms. The fourth-order valence-corrected chi connectivity index (χ4v) is 3.12. The third-order valence-corrected chi connectivity index (χ3v) is 5.15. The first-order chi connectivity index (χ1) is 5.70. The molecule has 0 fully saturated rings. The number of phenols is 1. The van der Waals surface area contributed by atoms with Crippen LogP contribution in [0.25, 0.3) is 10.1 Å². The summed E-state index contributed by atoms with van der Waals surface area (Å²) in [5.74, 6) is 0.314. The quantitative estimate of drug-likeness (QED) is 0.709. The Labute approximate surface area is 95.7 Å². The van der Waals surface area contributed by atoms with E-state index < -0.39 is 0 Å². The van der Waals surface area contributed by atoms with E-state index in [1.54, 1.807) is 17.4 Å². The zero-order valence-corrected chi connectivity index (χ0v) is 10.4. The smallest absolute Gasteiger partial charge is 0.132 e. The minimum atomic E-state index is 0.314. The van der Waals surface area contributed by atoms with Crippen LogP contribution in [0.4, 0.5) is 0 Å². The van der Waals surface area contributed by atoms with Crippen LogP contribution in [0.2, 0.25) is 0 Å². The second kappa shape index (κ2) is 3.16. The van der Waals surface area contributed by atoms with Gasteiger partial charge in [-0.25, -0.2) is 0 Å². The van der Waals surface area contributed by atoms with Crippen LogP contribution < -0.4 is 0 Å². The van der Waals surface area contributed by atoms with Crippen molar-refractivity contribution in [3.63, 3.8) is 0 Å². The summed E-state index contributed by atoms with van der Waals surface area (Å²) in [6.07, 6.45) is 0. The van der Waals surface area contributed by atoms with E-state index in [9.17, 15) is 5.11 Å². The van der Waals surface area contributed by atoms with Crippen molar-refractivity contribution in [1.82, 2.24) is 0 Å². The maximum atomic E-state index is 9.47. The van der Waals surface area contributed by atoms with Crippen molar-refractivity contribution >= 4 is 59.9 Å². The van der Waals surface area contributed by atoms with Crippen LogP contribution >= 0.6 is 49.9 Å². The highest BCUT2D eigenvalue weighted by Crippen LogP contribution is 2.37. The van der Waals surface area contributed by atoms with Crippen LogP contribution in [-0.4, -0.2) is 5.11 Å². The van der Waals surface area contributed by atoms with Crippen molar-refractivity contribution < 1.29 is 5.11 Å². The average molecular weight is 355 g/mol. The predicted octanol–water partition coefficient (Wildman–Crippen LogP) is 3.97. The molecule has 0 unspecified atom stereocenters. The lowest BCUT2D eigenvalue weighted by Gasteiger charge is -2.00. The molecule has 0 saturated heterocycles. The molecule has 4 heteroatoms. The van der Waals surface area contributed by atoms with E-state index in [2.05, 4.69) is 44.6 Å². The molecule has 0 aliphatic carbocycles. The highest BCUT2D eigenvalue weighted by Gasteiger charge is 2.08. The van der Waals surface area contributed by atoms with E-state index in [-0.39, 0.29) is 0 Å². The van der Waals surface area contributed by atoms with Gasteiger partial charge in [0.25, 0.3) is 0 Å². The number of aromatic hydroxyl groups is 1. The Morgan fingerprint density at radius 3 is 3.00 bits per heavy atom. The molecule has 12 heavy (non-hydrogen) atoms. The Morgan fingerprint density at radius 2 is 2.25 bits per heavy atom. The Hall–Kier alpha value is 0.190. The maximum Gasteiger partial charge on any atom is 0.132 e. The molecule has 1 N–H and O–H groups in total. The van der Waals surface area contributed by atoms with Crippen molar-refractivity contribution in [1.29, 1.82) is 0 Å². The van der Waals surface area contributed by atoms with Gasteiger partial charge in [0.15, 0.2) is 0 Å². The molecular formula is C8H4BrIOS. The molecule has 2 aromatic rings. The molecule has 0 saturated carbocycles. The third-order valence-electron chi connectivity index (χ3n) is 1.62. The van der Waals surface area contributed by atoms with Gasteiger partial charge in [-0.3, -0.25) is 0 Å². The summed E-state index contributed by atoms with van der Waals surface area (Å²) in [4.78, 5) is 0. The van der Waals surface area contributed by atoms with Gasteiger partial charge in [0, 0.05) is 13.7 Å². The number of rotatable bonds is 0. The maximum absolute atomic E-state index is 9.47. The highest BCUT2D eigenvalue weighted by atomic mass is 127. The van der Waals surface area contributed by atoms with Crippen LogP contribution in [-0.2, 0) is 0 Å². The molecule has 1 heterocycles. The Kier molecular flexibility index (Phi) is 2.31. The minimum absolute atomic E-state index is 0.314. The Bertz CT molecular complexity index is 438. The molecule has 0 radical (unpaired) electrons. The minimum Gasteiger partial charge on any atom is -0.507 e. The summed E-state index contributed by atoms with van der Waals surface area (Å²) >= 11 is 7.20. The third kappa shape index (κ3) is 1.25. The van der Waals surface area contributed by atoms with Crippen molar-refractivity contribution in [2.24, 2.45) is 0 Å². The summed E-state index contributed by atoms with van der Waals surface area (Å²) in [6.45, 7) is 0. The average Bonchev–Trinajstić information content (AvgIpc) is 2.48. The summed E-state index contributed by atoms with van der Waals surface area (Å²) in [6, 6.07) is 3.85. The first-order valence-corrected chi connectivity index (χ1v) is 5.99. The zero-order valence-electron chi connectivity index (χ0n) is 5.84. The predicted molar refractivity (Wildman–Crippen MR) is 63.9 cm³/mol. The van der Waals surface area contributed by atoms with Crippen LogP contribution in [0.3, 0.4) is 0 Å². The summed E-state index contributed by atoms with van der Waals surface area (Å²) in [5, 5.41) is 12.7. The molecule has 1 nitrogen and oxygen atoms in total. The van der Waals surface area contributed by atoms with E-state index in [0.717, 1.165) is 12.7 Å². The van der Waals surface area contributed by atoms with E-state index in [1.165, 1.54) is 5.39 Å². The Balaban J connectivity index is 2.94. The van der Waals surface area contributed by atoms with Crippen LogP contribution in [0.5, 0.6) is 5.75 Å². The summed E-state index contributed by atoms with van der Waals surface area (Å²) in [5.41, 5.74) is 0. The van der Waals surface area contributed by atoms with E-state index in [1.807, 2.05) is 5.38 Å². The molecule has 1 aromatic heterocycles. The van der Waals surface area contributed by atoms with Gasteiger partial charge in [-0.15, -0.1) is 11.3 Å². The molecule has 0 atom stereocenters. The SMILES string of the molecule is Oc1cc2sccc2c(I)c1Br. The van der Waals surface area contributed by atoms with Crippen LogP contribution in [0.1, 0.15) is 0 Å². The second-order valence-corrected chi connectivity index (χ2v) is 5.18. The van der Waals surface area contributed by atoms with Crippen molar-refractivity contribution in [3.8, 4) is 5.75 Å². The summed E-state index contributed by atoms with van der Waals surface area (Å²) in [7, 11) is 0. The van der Waals surface area contributed by atoms with E-state index in [4.69, 9.17) is 0 Å². The fourth-order valence-electron chi connectivity index (χ4n) is 1.03. The molecule has 62 valence electrons. The lowest BCUT2D eigenvalue weighted by molar-refractivity contribution is 0.472. The topological polar surface area (TPSA) is 20.2 Å². The number of halogens is 2. The first-order valence-electron chi connectivity index (χ1n) is 3.24. The number of fused-ring (bicyclic) bond motifs is 1. The summed E-state index contributed by atoms with van der Waals surface area (Å²) < 4.78 is 2.98. The van der Waals surface area contributed by atoms with E-state index in [0.29, 0.717) is 5.75 Å². The van der Waals surface area contributed by atoms with Gasteiger partial charge in [-0.05, 0) is 56.0 Å². The van der Waals surface area contributed by atoms with Crippen molar-refractivity contribution in [3.05, 3.63) is 25.6 Å². The van der Waals surface area contributed by atoms with Gasteiger partial charge in [-0.2, -0.15) is 0 Å². The van der Waals surface area contributed by atoms with Crippen molar-refractivity contribution in [2.75, 3.05) is 0 Å². The molecular weight excluding hydrogens is 351 g/mol. The molecule has 1 aromatic carbocycles. The van der Waals surface area contributed by atoms with Gasteiger partial charge in [0.05, 0.1) is 4.47 Å². The number of hydrogen-bond donors (Lipinski definition) is 1. The largest absolute Gasteiger partial charge is 0.507 e. The Morgan fingerprint density at radius 1 is 1.50 bits per heavy atom. The number of benzene rings is 1. The lowest BCUT2D eigenvalue weighted by atomic mass is 10.2. The van der Waals surface area contributed by atoms with Gasteiger partial charge in [0.1, 0.15) is 5.75 Å². The van der Waals surface area contributed by atoms with Gasteiger partial charge < -0.3 is 5.11 Å². The van der Waals surface area contributed by atoms with Gasteiger partial charge >= 0.3 is 0 Å². The molecule has 2 rings (SSSR count). The second-order valence-electron chi connectivity index (χ2n) is 2.36.